The molecule has 3 rings (SSSR count). The lowest BCUT2D eigenvalue weighted by atomic mass is 10.1. The van der Waals surface area contributed by atoms with Crippen molar-refractivity contribution < 1.29 is 4.42 Å². The summed E-state index contributed by atoms with van der Waals surface area (Å²) in [7, 11) is 0. The molecule has 1 N–H and O–H groups in total. The molecule has 0 fully saturated rings. The second-order valence-electron chi connectivity index (χ2n) is 5.29. The van der Waals surface area contributed by atoms with E-state index in [0.29, 0.717) is 6.54 Å². The molecule has 0 saturated carbocycles. The van der Waals surface area contributed by atoms with Gasteiger partial charge in [-0.25, -0.2) is 9.67 Å². The molecule has 1 unspecified atom stereocenters. The molecule has 6 heteroatoms. The molecule has 0 aliphatic heterocycles. The summed E-state index contributed by atoms with van der Waals surface area (Å²) in [5, 5.41) is 11.2. The van der Waals surface area contributed by atoms with E-state index in [9.17, 15) is 0 Å². The molecule has 0 amide bonds. The zero-order chi connectivity index (χ0) is 15.5. The first kappa shape index (κ1) is 14.5. The van der Waals surface area contributed by atoms with E-state index in [1.807, 2.05) is 32.2 Å². The van der Waals surface area contributed by atoms with Crippen molar-refractivity contribution in [3.05, 3.63) is 59.6 Å². The lowest BCUT2D eigenvalue weighted by Gasteiger charge is -2.13. The average Bonchev–Trinajstić information content (AvgIpc) is 3.16. The van der Waals surface area contributed by atoms with E-state index >= 15 is 0 Å². The second kappa shape index (κ2) is 6.11. The van der Waals surface area contributed by atoms with Crippen LogP contribution in [0, 0.1) is 13.8 Å². The molecule has 0 aliphatic rings. The lowest BCUT2D eigenvalue weighted by molar-refractivity contribution is 0.432. The van der Waals surface area contributed by atoms with E-state index in [1.165, 1.54) is 5.56 Å². The molecular formula is C16H19N5O. The fraction of sp³-hybridized carbons (Fsp3) is 0.312. The SMILES string of the molecule is Cc1nc(CNC(C)c2ccc(-n3ccnn3)cc2)oc1C. The molecule has 2 heterocycles. The number of hydrogen-bond donors (Lipinski definition) is 1. The van der Waals surface area contributed by atoms with Crippen LogP contribution in [0.1, 0.15) is 35.9 Å². The number of nitrogens with one attached hydrogen (secondary N) is 1. The van der Waals surface area contributed by atoms with Gasteiger partial charge in [-0.05, 0) is 38.5 Å². The van der Waals surface area contributed by atoms with Gasteiger partial charge in [0, 0.05) is 6.04 Å². The molecule has 6 nitrogen and oxygen atoms in total. The van der Waals surface area contributed by atoms with E-state index in [0.717, 1.165) is 23.0 Å². The molecule has 1 aromatic carbocycles. The lowest BCUT2D eigenvalue weighted by Crippen LogP contribution is -2.18. The predicted molar refractivity (Wildman–Crippen MR) is 82.6 cm³/mol. The Bertz CT molecular complexity index is 711. The van der Waals surface area contributed by atoms with E-state index in [1.54, 1.807) is 10.9 Å². The van der Waals surface area contributed by atoms with Crippen LogP contribution >= 0.6 is 0 Å². The Labute approximate surface area is 129 Å². The fourth-order valence-electron chi connectivity index (χ4n) is 2.23. The number of aryl methyl sites for hydroxylation is 2. The first-order valence-corrected chi connectivity index (χ1v) is 7.26. The van der Waals surface area contributed by atoms with E-state index in [-0.39, 0.29) is 6.04 Å². The number of aromatic nitrogens is 4. The van der Waals surface area contributed by atoms with Crippen LogP contribution in [-0.2, 0) is 6.54 Å². The van der Waals surface area contributed by atoms with Crippen molar-refractivity contribution in [3.8, 4) is 5.69 Å². The van der Waals surface area contributed by atoms with Crippen molar-refractivity contribution in [1.82, 2.24) is 25.3 Å². The standard InChI is InChI=1S/C16H19N5O/c1-11-13(3)22-16(19-11)10-17-12(2)14-4-6-15(7-5-14)21-9-8-18-20-21/h4-9,12,17H,10H2,1-3H3. The number of nitrogens with zero attached hydrogens (tertiary/aromatic N) is 4. The molecular weight excluding hydrogens is 278 g/mol. The van der Waals surface area contributed by atoms with Gasteiger partial charge in [-0.15, -0.1) is 5.10 Å². The predicted octanol–water partition coefficient (Wildman–Crippen LogP) is 2.72. The van der Waals surface area contributed by atoms with Crippen LogP contribution in [-0.4, -0.2) is 20.0 Å². The summed E-state index contributed by atoms with van der Waals surface area (Å²) >= 11 is 0. The van der Waals surface area contributed by atoms with E-state index in [2.05, 4.69) is 39.7 Å². The van der Waals surface area contributed by atoms with Crippen molar-refractivity contribution in [2.45, 2.75) is 33.4 Å². The third-order valence-corrected chi connectivity index (χ3v) is 3.71. The van der Waals surface area contributed by atoms with E-state index < -0.39 is 0 Å². The van der Waals surface area contributed by atoms with Crippen LogP contribution in [0.5, 0.6) is 0 Å². The zero-order valence-electron chi connectivity index (χ0n) is 12.9. The van der Waals surface area contributed by atoms with Gasteiger partial charge in [0.1, 0.15) is 5.76 Å². The molecule has 0 bridgehead atoms. The quantitative estimate of drug-likeness (QED) is 0.784. The summed E-state index contributed by atoms with van der Waals surface area (Å²) in [6.07, 6.45) is 3.49. The Hall–Kier alpha value is -2.47. The third kappa shape index (κ3) is 3.07. The summed E-state index contributed by atoms with van der Waals surface area (Å²) in [4.78, 5) is 4.38. The normalized spacial score (nSPS) is 12.5. The Morgan fingerprint density at radius 2 is 2.00 bits per heavy atom. The average molecular weight is 297 g/mol. The Morgan fingerprint density at radius 1 is 1.23 bits per heavy atom. The molecule has 22 heavy (non-hydrogen) atoms. The molecule has 2 aromatic heterocycles. The number of benzene rings is 1. The molecule has 3 aromatic rings. The second-order valence-corrected chi connectivity index (χ2v) is 5.29. The van der Waals surface area contributed by atoms with Gasteiger partial charge in [-0.3, -0.25) is 0 Å². The number of hydrogen-bond acceptors (Lipinski definition) is 5. The maximum Gasteiger partial charge on any atom is 0.208 e. The summed E-state index contributed by atoms with van der Waals surface area (Å²) in [6, 6.07) is 8.43. The highest BCUT2D eigenvalue weighted by Crippen LogP contribution is 2.16. The first-order valence-electron chi connectivity index (χ1n) is 7.26. The van der Waals surface area contributed by atoms with Gasteiger partial charge in [0.25, 0.3) is 0 Å². The topological polar surface area (TPSA) is 68.8 Å². The maximum absolute atomic E-state index is 5.58. The fourth-order valence-corrected chi connectivity index (χ4v) is 2.23. The summed E-state index contributed by atoms with van der Waals surface area (Å²) < 4.78 is 7.31. The molecule has 0 saturated heterocycles. The van der Waals surface area contributed by atoms with Crippen molar-refractivity contribution in [3.63, 3.8) is 0 Å². The van der Waals surface area contributed by atoms with Crippen LogP contribution in [0.4, 0.5) is 0 Å². The van der Waals surface area contributed by atoms with Gasteiger partial charge in [0.2, 0.25) is 5.89 Å². The van der Waals surface area contributed by atoms with Gasteiger partial charge >= 0.3 is 0 Å². The number of rotatable bonds is 5. The van der Waals surface area contributed by atoms with Crippen LogP contribution in [0.15, 0.2) is 41.1 Å². The largest absolute Gasteiger partial charge is 0.444 e. The molecule has 114 valence electrons. The minimum Gasteiger partial charge on any atom is -0.444 e. The minimum absolute atomic E-state index is 0.206. The first-order chi connectivity index (χ1) is 10.6. The summed E-state index contributed by atoms with van der Waals surface area (Å²) in [5.74, 6) is 1.60. The molecule has 0 spiro atoms. The third-order valence-electron chi connectivity index (χ3n) is 3.71. The monoisotopic (exact) mass is 297 g/mol. The number of oxazole rings is 1. The smallest absolute Gasteiger partial charge is 0.208 e. The Balaban J connectivity index is 1.63. The van der Waals surface area contributed by atoms with Crippen LogP contribution in [0.2, 0.25) is 0 Å². The summed E-state index contributed by atoms with van der Waals surface area (Å²) in [5.41, 5.74) is 3.14. The van der Waals surface area contributed by atoms with Crippen LogP contribution in [0.25, 0.3) is 5.69 Å². The Morgan fingerprint density at radius 3 is 2.59 bits per heavy atom. The zero-order valence-corrected chi connectivity index (χ0v) is 12.9. The molecule has 0 aliphatic carbocycles. The summed E-state index contributed by atoms with van der Waals surface area (Å²) in [6.45, 7) is 6.61. The van der Waals surface area contributed by atoms with E-state index in [4.69, 9.17) is 4.42 Å². The highest BCUT2D eigenvalue weighted by Gasteiger charge is 2.09. The molecule has 0 radical (unpaired) electrons. The highest BCUT2D eigenvalue weighted by atomic mass is 16.4. The molecule has 1 atom stereocenters. The van der Waals surface area contributed by atoms with Crippen molar-refractivity contribution in [1.29, 1.82) is 0 Å². The Kier molecular flexibility index (Phi) is 4.02. The van der Waals surface area contributed by atoms with Gasteiger partial charge in [0.15, 0.2) is 0 Å². The van der Waals surface area contributed by atoms with Crippen molar-refractivity contribution >= 4 is 0 Å². The van der Waals surface area contributed by atoms with Gasteiger partial charge in [0.05, 0.1) is 30.3 Å². The van der Waals surface area contributed by atoms with Crippen LogP contribution < -0.4 is 5.32 Å². The van der Waals surface area contributed by atoms with Gasteiger partial charge in [-0.1, -0.05) is 17.3 Å². The highest BCUT2D eigenvalue weighted by molar-refractivity contribution is 5.34. The van der Waals surface area contributed by atoms with Crippen molar-refractivity contribution in [2.75, 3.05) is 0 Å². The maximum atomic E-state index is 5.58. The van der Waals surface area contributed by atoms with Gasteiger partial charge in [-0.2, -0.15) is 0 Å². The van der Waals surface area contributed by atoms with Crippen molar-refractivity contribution in [2.24, 2.45) is 0 Å². The minimum atomic E-state index is 0.206. The van der Waals surface area contributed by atoms with Crippen LogP contribution in [0.3, 0.4) is 0 Å². The van der Waals surface area contributed by atoms with Gasteiger partial charge < -0.3 is 9.73 Å².